The lowest BCUT2D eigenvalue weighted by molar-refractivity contribution is 0.384. The molecule has 1 heterocycles. The Morgan fingerprint density at radius 2 is 1.78 bits per heavy atom. The minimum absolute atomic E-state index is 0.375. The quantitative estimate of drug-likeness (QED) is 0.725. The van der Waals surface area contributed by atoms with Crippen LogP contribution in [0.5, 0.6) is 5.75 Å². The molecule has 5 nitrogen and oxygen atoms in total. The molecule has 0 radical (unpaired) electrons. The monoisotopic (exact) mass is 349 g/mol. The van der Waals surface area contributed by atoms with Gasteiger partial charge in [-0.15, -0.1) is 0 Å². The molecule has 1 N–H and O–H groups in total. The number of ether oxygens (including phenoxy) is 1. The van der Waals surface area contributed by atoms with Crippen molar-refractivity contribution in [3.63, 3.8) is 0 Å². The summed E-state index contributed by atoms with van der Waals surface area (Å²) in [5, 5.41) is 8.23. The Labute approximate surface area is 143 Å². The van der Waals surface area contributed by atoms with Gasteiger partial charge < -0.3 is 14.6 Å². The van der Waals surface area contributed by atoms with Gasteiger partial charge in [0.1, 0.15) is 5.75 Å². The molecule has 0 saturated carbocycles. The molecule has 0 bridgehead atoms. The Balaban J connectivity index is 1.69. The topological polar surface area (TPSA) is 60.2 Å². The fourth-order valence-corrected chi connectivity index (χ4v) is 2.54. The Bertz CT molecular complexity index is 783. The van der Waals surface area contributed by atoms with Gasteiger partial charge in [0.25, 0.3) is 0 Å². The van der Waals surface area contributed by atoms with E-state index in [4.69, 9.17) is 32.5 Å². The first-order valence-electron chi connectivity index (χ1n) is 6.81. The zero-order valence-electron chi connectivity index (χ0n) is 12.2. The molecule has 3 rings (SSSR count). The largest absolute Gasteiger partial charge is 0.497 e. The number of aromatic nitrogens is 2. The second-order valence-corrected chi connectivity index (χ2v) is 5.62. The highest BCUT2D eigenvalue weighted by molar-refractivity contribution is 6.35. The predicted molar refractivity (Wildman–Crippen MR) is 90.1 cm³/mol. The molecular weight excluding hydrogens is 337 g/mol. The molecule has 0 aliphatic rings. The molecule has 0 unspecified atom stereocenters. The minimum atomic E-state index is 0.375. The fraction of sp³-hybridized carbons (Fsp3) is 0.125. The summed E-state index contributed by atoms with van der Waals surface area (Å²) < 4.78 is 10.4. The maximum atomic E-state index is 5.95. The van der Waals surface area contributed by atoms with Crippen LogP contribution < -0.4 is 10.1 Å². The van der Waals surface area contributed by atoms with Crippen molar-refractivity contribution in [1.29, 1.82) is 0 Å². The molecule has 0 amide bonds. The van der Waals surface area contributed by atoms with E-state index in [-0.39, 0.29) is 0 Å². The van der Waals surface area contributed by atoms with Gasteiger partial charge in [0.05, 0.1) is 13.7 Å². The summed E-state index contributed by atoms with van der Waals surface area (Å²) in [7, 11) is 1.62. The van der Waals surface area contributed by atoms with Gasteiger partial charge >= 0.3 is 0 Å². The number of methoxy groups -OCH3 is 1. The Hall–Kier alpha value is -2.24. The Kier molecular flexibility index (Phi) is 4.69. The van der Waals surface area contributed by atoms with E-state index >= 15 is 0 Å². The van der Waals surface area contributed by atoms with Crippen molar-refractivity contribution >= 4 is 28.9 Å². The van der Waals surface area contributed by atoms with E-state index in [0.29, 0.717) is 28.3 Å². The first-order valence-corrected chi connectivity index (χ1v) is 7.56. The number of hydrogen-bond donors (Lipinski definition) is 1. The maximum Gasteiger partial charge on any atom is 0.246 e. The number of rotatable bonds is 5. The lowest BCUT2D eigenvalue weighted by Crippen LogP contribution is -1.99. The Morgan fingerprint density at radius 1 is 1.09 bits per heavy atom. The molecular formula is C16H13Cl2N3O2. The number of halogens is 2. The summed E-state index contributed by atoms with van der Waals surface area (Å²) in [5.74, 6) is 1.76. The van der Waals surface area contributed by atoms with Crippen LogP contribution in [0.2, 0.25) is 10.0 Å². The zero-order valence-corrected chi connectivity index (χ0v) is 13.7. The van der Waals surface area contributed by atoms with Crippen LogP contribution in [0.1, 0.15) is 5.89 Å². The summed E-state index contributed by atoms with van der Waals surface area (Å²) in [6.07, 6.45) is 0. The van der Waals surface area contributed by atoms with E-state index in [1.54, 1.807) is 25.3 Å². The molecule has 2 aromatic carbocycles. The molecule has 0 saturated heterocycles. The average Bonchev–Trinajstić information content (AvgIpc) is 3.01. The molecule has 0 aliphatic carbocycles. The summed E-state index contributed by atoms with van der Waals surface area (Å²) in [5.41, 5.74) is 1.64. The first-order chi connectivity index (χ1) is 11.1. The number of anilines is 1. The van der Waals surface area contributed by atoms with Gasteiger partial charge in [0.2, 0.25) is 11.7 Å². The molecule has 23 heavy (non-hydrogen) atoms. The third kappa shape index (κ3) is 3.94. The molecule has 0 atom stereocenters. The van der Waals surface area contributed by atoms with Gasteiger partial charge in [-0.1, -0.05) is 28.4 Å². The van der Waals surface area contributed by atoms with Crippen LogP contribution in [-0.4, -0.2) is 17.3 Å². The first kappa shape index (κ1) is 15.6. The van der Waals surface area contributed by atoms with Crippen molar-refractivity contribution in [3.05, 3.63) is 58.4 Å². The van der Waals surface area contributed by atoms with Crippen LogP contribution in [0, 0.1) is 0 Å². The zero-order chi connectivity index (χ0) is 16.2. The lowest BCUT2D eigenvalue weighted by Gasteiger charge is -2.04. The van der Waals surface area contributed by atoms with Crippen LogP contribution in [0.25, 0.3) is 11.4 Å². The highest BCUT2D eigenvalue weighted by atomic mass is 35.5. The van der Waals surface area contributed by atoms with Crippen molar-refractivity contribution in [2.24, 2.45) is 0 Å². The summed E-state index contributed by atoms with van der Waals surface area (Å²) in [6, 6.07) is 12.6. The minimum Gasteiger partial charge on any atom is -0.497 e. The predicted octanol–water partition coefficient (Wildman–Crippen LogP) is 4.66. The smallest absolute Gasteiger partial charge is 0.246 e. The maximum absolute atomic E-state index is 5.95. The van der Waals surface area contributed by atoms with E-state index in [2.05, 4.69) is 15.5 Å². The van der Waals surface area contributed by atoms with Gasteiger partial charge in [-0.2, -0.15) is 4.98 Å². The van der Waals surface area contributed by atoms with Crippen LogP contribution in [0.4, 0.5) is 5.69 Å². The highest BCUT2D eigenvalue weighted by Gasteiger charge is 2.09. The molecule has 0 fully saturated rings. The van der Waals surface area contributed by atoms with Gasteiger partial charge in [0, 0.05) is 21.3 Å². The normalized spacial score (nSPS) is 10.6. The Morgan fingerprint density at radius 3 is 2.43 bits per heavy atom. The summed E-state index contributed by atoms with van der Waals surface area (Å²) in [6.45, 7) is 0.375. The third-order valence-electron chi connectivity index (χ3n) is 3.12. The lowest BCUT2D eigenvalue weighted by atomic mass is 10.2. The number of nitrogens with one attached hydrogen (secondary N) is 1. The number of nitrogens with zero attached hydrogens (tertiary/aromatic N) is 2. The fourth-order valence-electron chi connectivity index (χ4n) is 2.02. The second kappa shape index (κ2) is 6.89. The molecule has 3 aromatic rings. The van der Waals surface area contributed by atoms with E-state index in [0.717, 1.165) is 17.0 Å². The van der Waals surface area contributed by atoms with E-state index < -0.39 is 0 Å². The number of benzene rings is 2. The second-order valence-electron chi connectivity index (χ2n) is 4.75. The van der Waals surface area contributed by atoms with Gasteiger partial charge in [0.15, 0.2) is 0 Å². The summed E-state index contributed by atoms with van der Waals surface area (Å²) in [4.78, 5) is 4.35. The molecule has 7 heteroatoms. The summed E-state index contributed by atoms with van der Waals surface area (Å²) >= 11 is 11.9. The van der Waals surface area contributed by atoms with Gasteiger partial charge in [-0.25, -0.2) is 0 Å². The number of hydrogen-bond acceptors (Lipinski definition) is 5. The van der Waals surface area contributed by atoms with E-state index in [1.165, 1.54) is 0 Å². The standard InChI is InChI=1S/C16H13Cl2N3O2/c1-22-14-4-2-10(3-5-14)16-20-15(23-21-16)9-19-13-7-11(17)6-12(18)8-13/h2-8,19H,9H2,1H3. The van der Waals surface area contributed by atoms with E-state index in [9.17, 15) is 0 Å². The molecule has 118 valence electrons. The van der Waals surface area contributed by atoms with Gasteiger partial charge in [-0.3, -0.25) is 0 Å². The van der Waals surface area contributed by atoms with Crippen molar-refractivity contribution < 1.29 is 9.26 Å². The van der Waals surface area contributed by atoms with Crippen molar-refractivity contribution in [2.45, 2.75) is 6.54 Å². The van der Waals surface area contributed by atoms with Crippen molar-refractivity contribution in [1.82, 2.24) is 10.1 Å². The SMILES string of the molecule is COc1ccc(-c2noc(CNc3cc(Cl)cc(Cl)c3)n2)cc1. The van der Waals surface area contributed by atoms with Crippen LogP contribution >= 0.6 is 23.2 Å². The molecule has 0 spiro atoms. The average molecular weight is 350 g/mol. The highest BCUT2D eigenvalue weighted by Crippen LogP contribution is 2.23. The van der Waals surface area contributed by atoms with E-state index in [1.807, 2.05) is 24.3 Å². The molecule has 0 aliphatic heterocycles. The van der Waals surface area contributed by atoms with Gasteiger partial charge in [-0.05, 0) is 42.5 Å². The van der Waals surface area contributed by atoms with Crippen LogP contribution in [0.15, 0.2) is 47.0 Å². The van der Waals surface area contributed by atoms with Crippen LogP contribution in [0.3, 0.4) is 0 Å². The van der Waals surface area contributed by atoms with Crippen molar-refractivity contribution in [2.75, 3.05) is 12.4 Å². The third-order valence-corrected chi connectivity index (χ3v) is 3.56. The van der Waals surface area contributed by atoms with Crippen molar-refractivity contribution in [3.8, 4) is 17.1 Å². The molecule has 1 aromatic heterocycles. The van der Waals surface area contributed by atoms with Crippen LogP contribution in [-0.2, 0) is 6.54 Å².